The lowest BCUT2D eigenvalue weighted by molar-refractivity contribution is 0.0845. The molecule has 0 fully saturated rings. The van der Waals surface area contributed by atoms with Gasteiger partial charge >= 0.3 is 0 Å². The van der Waals surface area contributed by atoms with Crippen LogP contribution in [0.4, 0.5) is 0 Å². The quantitative estimate of drug-likeness (QED) is 0.511. The Morgan fingerprint density at radius 1 is 1.15 bits per heavy atom. The molecule has 6 nitrogen and oxygen atoms in total. The Labute approximate surface area is 164 Å². The van der Waals surface area contributed by atoms with Gasteiger partial charge in [0.1, 0.15) is 5.76 Å². The third-order valence-electron chi connectivity index (χ3n) is 4.50. The van der Waals surface area contributed by atoms with E-state index in [-0.39, 0.29) is 11.6 Å². The zero-order chi connectivity index (χ0) is 18.8. The van der Waals surface area contributed by atoms with Gasteiger partial charge in [0, 0.05) is 4.88 Å². The first kappa shape index (κ1) is 17.9. The molecular formula is C19H19N3O3S2. The highest BCUT2D eigenvalue weighted by Crippen LogP contribution is 2.29. The number of hydrogen-bond acceptors (Lipinski definition) is 6. The summed E-state index contributed by atoms with van der Waals surface area (Å²) in [7, 11) is 0. The number of nitrogens with zero attached hydrogens (tertiary/aromatic N) is 1. The molecule has 4 rings (SSSR count). The maximum atomic E-state index is 12.4. The van der Waals surface area contributed by atoms with Crippen molar-refractivity contribution in [1.29, 1.82) is 0 Å². The van der Waals surface area contributed by atoms with E-state index in [0.717, 1.165) is 17.7 Å². The van der Waals surface area contributed by atoms with Crippen LogP contribution in [0.15, 0.2) is 28.0 Å². The minimum absolute atomic E-state index is 0.167. The molecule has 3 aromatic heterocycles. The zero-order valence-corrected chi connectivity index (χ0v) is 16.5. The molecule has 2 amide bonds. The van der Waals surface area contributed by atoms with Crippen LogP contribution in [0.3, 0.4) is 0 Å². The number of hydrazine groups is 1. The number of carbonyl (C=O) groups excluding carboxylic acids is 2. The molecule has 3 heterocycles. The summed E-state index contributed by atoms with van der Waals surface area (Å²) < 4.78 is 5.57. The highest BCUT2D eigenvalue weighted by atomic mass is 32.1. The van der Waals surface area contributed by atoms with Crippen LogP contribution in [0, 0.1) is 6.92 Å². The third kappa shape index (κ3) is 3.81. The minimum Gasteiger partial charge on any atom is -0.440 e. The maximum Gasteiger partial charge on any atom is 0.291 e. The van der Waals surface area contributed by atoms with Crippen LogP contribution < -0.4 is 10.9 Å². The Bertz CT molecular complexity index is 949. The van der Waals surface area contributed by atoms with Gasteiger partial charge in [0.15, 0.2) is 5.69 Å². The fourth-order valence-electron chi connectivity index (χ4n) is 3.13. The Morgan fingerprint density at radius 2 is 1.96 bits per heavy atom. The van der Waals surface area contributed by atoms with E-state index in [0.29, 0.717) is 16.5 Å². The van der Waals surface area contributed by atoms with Gasteiger partial charge < -0.3 is 4.42 Å². The van der Waals surface area contributed by atoms with Gasteiger partial charge in [-0.15, -0.1) is 22.7 Å². The summed E-state index contributed by atoms with van der Waals surface area (Å²) in [6.45, 7) is 1.68. The molecule has 1 aliphatic rings. The lowest BCUT2D eigenvalue weighted by Crippen LogP contribution is -2.41. The van der Waals surface area contributed by atoms with E-state index >= 15 is 0 Å². The molecule has 0 aromatic carbocycles. The van der Waals surface area contributed by atoms with Gasteiger partial charge in [-0.3, -0.25) is 20.4 Å². The van der Waals surface area contributed by atoms with Gasteiger partial charge in [0.25, 0.3) is 11.8 Å². The standard InChI is InChI=1S/C19H19N3O3S2/c1-11-16(20-19(25-11)14-8-5-9-26-14)18(24)22-21-17(23)15-10-12-6-3-2-4-7-13(12)27-15/h5,8-10H,2-4,6-7H2,1H3,(H,21,23)(H,22,24). The Morgan fingerprint density at radius 3 is 2.78 bits per heavy atom. The van der Waals surface area contributed by atoms with Gasteiger partial charge in [-0.1, -0.05) is 12.5 Å². The van der Waals surface area contributed by atoms with Crippen molar-refractivity contribution in [2.24, 2.45) is 0 Å². The van der Waals surface area contributed by atoms with Crippen LogP contribution in [0.5, 0.6) is 0 Å². The Kier molecular flexibility index (Phi) is 5.09. The average molecular weight is 402 g/mol. The van der Waals surface area contributed by atoms with E-state index in [9.17, 15) is 9.59 Å². The molecule has 0 atom stereocenters. The van der Waals surface area contributed by atoms with Crippen molar-refractivity contribution in [2.45, 2.75) is 39.0 Å². The highest BCUT2D eigenvalue weighted by Gasteiger charge is 2.20. The van der Waals surface area contributed by atoms with Gasteiger partial charge in [0.05, 0.1) is 9.75 Å². The second-order valence-corrected chi connectivity index (χ2v) is 8.51. The number of thiophene rings is 2. The van der Waals surface area contributed by atoms with E-state index in [2.05, 4.69) is 15.8 Å². The van der Waals surface area contributed by atoms with E-state index in [1.807, 2.05) is 23.6 Å². The molecule has 8 heteroatoms. The van der Waals surface area contributed by atoms with Gasteiger partial charge in [0.2, 0.25) is 5.89 Å². The predicted molar refractivity (Wildman–Crippen MR) is 105 cm³/mol. The fourth-order valence-corrected chi connectivity index (χ4v) is 4.92. The Hall–Kier alpha value is -2.45. The monoisotopic (exact) mass is 401 g/mol. The molecule has 1 aliphatic carbocycles. The van der Waals surface area contributed by atoms with Gasteiger partial charge in [-0.25, -0.2) is 4.98 Å². The Balaban J connectivity index is 1.41. The van der Waals surface area contributed by atoms with Crippen molar-refractivity contribution < 1.29 is 14.0 Å². The van der Waals surface area contributed by atoms with E-state index in [4.69, 9.17) is 4.42 Å². The summed E-state index contributed by atoms with van der Waals surface area (Å²) in [6, 6.07) is 5.71. The molecule has 0 saturated carbocycles. The fraction of sp³-hybridized carbons (Fsp3) is 0.316. The maximum absolute atomic E-state index is 12.4. The number of fused-ring (bicyclic) bond motifs is 1. The molecule has 0 spiro atoms. The van der Waals surface area contributed by atoms with Crippen molar-refractivity contribution in [3.05, 3.63) is 50.4 Å². The van der Waals surface area contributed by atoms with E-state index < -0.39 is 5.91 Å². The summed E-state index contributed by atoms with van der Waals surface area (Å²) in [5, 5.41) is 1.91. The second kappa shape index (κ2) is 7.66. The first-order chi connectivity index (χ1) is 13.1. The van der Waals surface area contributed by atoms with Crippen LogP contribution in [0.1, 0.15) is 55.6 Å². The molecule has 2 N–H and O–H groups in total. The molecular weight excluding hydrogens is 382 g/mol. The lowest BCUT2D eigenvalue weighted by atomic mass is 10.1. The smallest absolute Gasteiger partial charge is 0.291 e. The van der Waals surface area contributed by atoms with Crippen molar-refractivity contribution in [3.63, 3.8) is 0 Å². The lowest BCUT2D eigenvalue weighted by Gasteiger charge is -2.04. The number of amides is 2. The van der Waals surface area contributed by atoms with Crippen LogP contribution in [0.2, 0.25) is 0 Å². The minimum atomic E-state index is -0.495. The van der Waals surface area contributed by atoms with E-state index in [1.54, 1.807) is 6.92 Å². The topological polar surface area (TPSA) is 84.2 Å². The molecule has 27 heavy (non-hydrogen) atoms. The summed E-state index contributed by atoms with van der Waals surface area (Å²) in [6.07, 6.45) is 5.63. The van der Waals surface area contributed by atoms with Crippen LogP contribution in [-0.2, 0) is 12.8 Å². The summed E-state index contributed by atoms with van der Waals surface area (Å²) in [5.41, 5.74) is 6.36. The van der Waals surface area contributed by atoms with Crippen molar-refractivity contribution in [2.75, 3.05) is 0 Å². The SMILES string of the molecule is Cc1oc(-c2cccs2)nc1C(=O)NNC(=O)c1cc2c(s1)CCCCC2. The van der Waals surface area contributed by atoms with Crippen LogP contribution in [-0.4, -0.2) is 16.8 Å². The summed E-state index contributed by atoms with van der Waals surface area (Å²) in [5.74, 6) is 0.0144. The summed E-state index contributed by atoms with van der Waals surface area (Å²) in [4.78, 5) is 31.8. The largest absolute Gasteiger partial charge is 0.440 e. The number of carbonyl (C=O) groups is 2. The third-order valence-corrected chi connectivity index (χ3v) is 6.60. The normalized spacial score (nSPS) is 13.7. The molecule has 0 bridgehead atoms. The predicted octanol–water partition coefficient (Wildman–Crippen LogP) is 4.12. The molecule has 0 unspecified atom stereocenters. The zero-order valence-electron chi connectivity index (χ0n) is 14.8. The van der Waals surface area contributed by atoms with Gasteiger partial charge in [-0.2, -0.15) is 0 Å². The van der Waals surface area contributed by atoms with Crippen molar-refractivity contribution >= 4 is 34.5 Å². The molecule has 0 radical (unpaired) electrons. The second-order valence-electron chi connectivity index (χ2n) is 6.43. The molecule has 0 saturated heterocycles. The number of nitrogens with one attached hydrogen (secondary N) is 2. The molecule has 140 valence electrons. The number of oxazole rings is 1. The first-order valence-corrected chi connectivity index (χ1v) is 10.5. The average Bonchev–Trinajstić information content (AvgIpc) is 3.37. The summed E-state index contributed by atoms with van der Waals surface area (Å²) >= 11 is 3.00. The van der Waals surface area contributed by atoms with Crippen LogP contribution in [0.25, 0.3) is 10.8 Å². The number of rotatable bonds is 3. The van der Waals surface area contributed by atoms with Crippen molar-refractivity contribution in [1.82, 2.24) is 15.8 Å². The molecule has 0 aliphatic heterocycles. The first-order valence-electron chi connectivity index (χ1n) is 8.85. The number of hydrogen-bond donors (Lipinski definition) is 2. The van der Waals surface area contributed by atoms with Crippen LogP contribution >= 0.6 is 22.7 Å². The highest BCUT2D eigenvalue weighted by molar-refractivity contribution is 7.14. The van der Waals surface area contributed by atoms with E-state index in [1.165, 1.54) is 52.4 Å². The van der Waals surface area contributed by atoms with Crippen molar-refractivity contribution in [3.8, 4) is 10.8 Å². The molecule has 3 aromatic rings. The number of aromatic nitrogens is 1. The number of aryl methyl sites for hydroxylation is 3. The van der Waals surface area contributed by atoms with Gasteiger partial charge in [-0.05, 0) is 55.7 Å².